The Balaban J connectivity index is 1.90. The van der Waals surface area contributed by atoms with E-state index in [1.54, 1.807) is 17.2 Å². The van der Waals surface area contributed by atoms with Gasteiger partial charge in [-0.15, -0.1) is 0 Å². The third-order valence-corrected chi connectivity index (χ3v) is 3.52. The summed E-state index contributed by atoms with van der Waals surface area (Å²) in [6, 6.07) is 11.0. The number of carbonyl (C=O) groups excluding carboxylic acids is 2. The second kappa shape index (κ2) is 10.8. The number of hydrogen-bond donors (Lipinski definition) is 3. The monoisotopic (exact) mass is 372 g/mol. The first-order valence-electron chi connectivity index (χ1n) is 8.57. The van der Waals surface area contributed by atoms with Gasteiger partial charge in [0.05, 0.1) is 24.5 Å². The summed E-state index contributed by atoms with van der Waals surface area (Å²) in [6.07, 6.45) is 1.70. The maximum atomic E-state index is 11.8. The van der Waals surface area contributed by atoms with Crippen molar-refractivity contribution < 1.29 is 14.3 Å². The molecule has 2 amide bonds. The molecule has 2 aromatic heterocycles. The molecule has 9 heteroatoms. The Morgan fingerprint density at radius 3 is 2.63 bits per heavy atom. The van der Waals surface area contributed by atoms with Gasteiger partial charge < -0.3 is 21.5 Å². The van der Waals surface area contributed by atoms with E-state index < -0.39 is 5.91 Å². The zero-order valence-electron chi connectivity index (χ0n) is 15.0. The number of nitrogens with one attached hydrogen (secondary N) is 1. The van der Waals surface area contributed by atoms with Crippen molar-refractivity contribution >= 4 is 11.8 Å². The standard InChI is InChI=1S/C18H24N6O3/c19-7-9-22-17(26)13-24(12-16(20)25)10-11-27-18-6-3-5-15(23-18)14-4-1-2-8-21-14/h1-6,8H,7,9-13,19H2,(H2,20,25)(H,22,26). The number of nitrogens with zero attached hydrogens (tertiary/aromatic N) is 3. The molecule has 2 heterocycles. The van der Waals surface area contributed by atoms with Crippen LogP contribution in [0.4, 0.5) is 0 Å². The third-order valence-electron chi connectivity index (χ3n) is 3.52. The molecule has 0 saturated heterocycles. The van der Waals surface area contributed by atoms with Crippen LogP contribution in [0.5, 0.6) is 5.88 Å². The third kappa shape index (κ3) is 7.38. The molecule has 144 valence electrons. The van der Waals surface area contributed by atoms with Gasteiger partial charge in [-0.2, -0.15) is 0 Å². The molecule has 0 aliphatic carbocycles. The van der Waals surface area contributed by atoms with E-state index in [0.717, 1.165) is 5.69 Å². The van der Waals surface area contributed by atoms with Gasteiger partial charge in [-0.25, -0.2) is 4.98 Å². The number of ether oxygens (including phenoxy) is 1. The van der Waals surface area contributed by atoms with E-state index in [0.29, 0.717) is 31.2 Å². The summed E-state index contributed by atoms with van der Waals surface area (Å²) in [5.74, 6) is -0.307. The molecule has 0 aromatic carbocycles. The zero-order chi connectivity index (χ0) is 19.5. The molecule has 0 fully saturated rings. The minimum absolute atomic E-state index is 0.0354. The Hall–Kier alpha value is -3.04. The SMILES string of the molecule is NCCNC(=O)CN(CCOc1cccc(-c2ccccn2)n1)CC(N)=O. The first-order valence-corrected chi connectivity index (χ1v) is 8.57. The number of primary amides is 1. The maximum absolute atomic E-state index is 11.8. The van der Waals surface area contributed by atoms with Gasteiger partial charge in [-0.1, -0.05) is 12.1 Å². The van der Waals surface area contributed by atoms with E-state index in [2.05, 4.69) is 15.3 Å². The van der Waals surface area contributed by atoms with Crippen LogP contribution in [-0.2, 0) is 9.59 Å². The minimum Gasteiger partial charge on any atom is -0.476 e. The molecule has 0 radical (unpaired) electrons. The van der Waals surface area contributed by atoms with Crippen molar-refractivity contribution in [2.45, 2.75) is 0 Å². The predicted molar refractivity (Wildman–Crippen MR) is 101 cm³/mol. The Kier molecular flexibility index (Phi) is 8.14. The van der Waals surface area contributed by atoms with E-state index in [-0.39, 0.29) is 25.6 Å². The highest BCUT2D eigenvalue weighted by atomic mass is 16.5. The second-order valence-corrected chi connectivity index (χ2v) is 5.74. The molecule has 0 saturated carbocycles. The fraction of sp³-hybridized carbons (Fsp3) is 0.333. The van der Waals surface area contributed by atoms with Gasteiger partial charge in [-0.05, 0) is 18.2 Å². The van der Waals surface area contributed by atoms with Crippen molar-refractivity contribution in [1.82, 2.24) is 20.2 Å². The Morgan fingerprint density at radius 2 is 1.93 bits per heavy atom. The fourth-order valence-electron chi connectivity index (χ4n) is 2.34. The van der Waals surface area contributed by atoms with Crippen LogP contribution in [-0.4, -0.2) is 66.0 Å². The van der Waals surface area contributed by atoms with Crippen LogP contribution in [0.2, 0.25) is 0 Å². The maximum Gasteiger partial charge on any atom is 0.234 e. The molecule has 0 aliphatic heterocycles. The molecular formula is C18H24N6O3. The molecule has 27 heavy (non-hydrogen) atoms. The smallest absolute Gasteiger partial charge is 0.234 e. The van der Waals surface area contributed by atoms with Crippen LogP contribution in [0, 0.1) is 0 Å². The lowest BCUT2D eigenvalue weighted by atomic mass is 10.2. The van der Waals surface area contributed by atoms with Gasteiger partial charge in [0.2, 0.25) is 17.7 Å². The summed E-state index contributed by atoms with van der Waals surface area (Å²) < 4.78 is 5.66. The molecule has 0 aliphatic rings. The van der Waals surface area contributed by atoms with E-state index in [9.17, 15) is 9.59 Å². The van der Waals surface area contributed by atoms with Crippen molar-refractivity contribution in [3.63, 3.8) is 0 Å². The van der Waals surface area contributed by atoms with Gasteiger partial charge in [0.1, 0.15) is 6.61 Å². The van der Waals surface area contributed by atoms with Gasteiger partial charge >= 0.3 is 0 Å². The summed E-state index contributed by atoms with van der Waals surface area (Å²) >= 11 is 0. The van der Waals surface area contributed by atoms with E-state index >= 15 is 0 Å². The molecule has 0 bridgehead atoms. The van der Waals surface area contributed by atoms with Crippen LogP contribution in [0.1, 0.15) is 0 Å². The van der Waals surface area contributed by atoms with Crippen molar-refractivity contribution in [3.8, 4) is 17.3 Å². The molecule has 2 rings (SSSR count). The highest BCUT2D eigenvalue weighted by molar-refractivity contribution is 5.80. The predicted octanol–water partition coefficient (Wildman–Crippen LogP) is -0.615. The Labute approximate surface area is 157 Å². The van der Waals surface area contributed by atoms with E-state index in [1.807, 2.05) is 30.3 Å². The van der Waals surface area contributed by atoms with Crippen molar-refractivity contribution in [2.75, 3.05) is 39.3 Å². The summed E-state index contributed by atoms with van der Waals surface area (Å²) in [7, 11) is 0. The number of hydrogen-bond acceptors (Lipinski definition) is 7. The zero-order valence-corrected chi connectivity index (χ0v) is 15.0. The van der Waals surface area contributed by atoms with E-state index in [1.165, 1.54) is 0 Å². The molecule has 0 atom stereocenters. The van der Waals surface area contributed by atoms with Crippen LogP contribution in [0.3, 0.4) is 0 Å². The lowest BCUT2D eigenvalue weighted by Gasteiger charge is -2.20. The number of pyridine rings is 2. The summed E-state index contributed by atoms with van der Waals surface area (Å²) in [5.41, 5.74) is 12.0. The Bertz CT molecular complexity index is 741. The molecule has 0 unspecified atom stereocenters. The summed E-state index contributed by atoms with van der Waals surface area (Å²) in [6.45, 7) is 1.31. The molecule has 2 aromatic rings. The number of aromatic nitrogens is 2. The van der Waals surface area contributed by atoms with Crippen LogP contribution < -0.4 is 21.5 Å². The molecule has 9 nitrogen and oxygen atoms in total. The quantitative estimate of drug-likeness (QED) is 0.478. The molecule has 0 spiro atoms. The first kappa shape index (κ1) is 20.3. The van der Waals surface area contributed by atoms with Crippen molar-refractivity contribution in [1.29, 1.82) is 0 Å². The van der Waals surface area contributed by atoms with Gasteiger partial charge in [0, 0.05) is 31.9 Å². The van der Waals surface area contributed by atoms with Gasteiger partial charge in [0.15, 0.2) is 0 Å². The van der Waals surface area contributed by atoms with Crippen LogP contribution in [0.25, 0.3) is 11.4 Å². The largest absolute Gasteiger partial charge is 0.476 e. The lowest BCUT2D eigenvalue weighted by Crippen LogP contribution is -2.44. The Morgan fingerprint density at radius 1 is 1.11 bits per heavy atom. The number of amides is 2. The number of carbonyl (C=O) groups is 2. The number of rotatable bonds is 11. The first-order chi connectivity index (χ1) is 13.1. The number of nitrogens with two attached hydrogens (primary N) is 2. The van der Waals surface area contributed by atoms with Gasteiger partial charge in [-0.3, -0.25) is 19.5 Å². The van der Waals surface area contributed by atoms with E-state index in [4.69, 9.17) is 16.2 Å². The van der Waals surface area contributed by atoms with Gasteiger partial charge in [0.25, 0.3) is 0 Å². The summed E-state index contributed by atoms with van der Waals surface area (Å²) in [4.78, 5) is 33.3. The fourth-order valence-corrected chi connectivity index (χ4v) is 2.34. The molecular weight excluding hydrogens is 348 g/mol. The highest BCUT2D eigenvalue weighted by Crippen LogP contribution is 2.17. The highest BCUT2D eigenvalue weighted by Gasteiger charge is 2.13. The van der Waals surface area contributed by atoms with Crippen LogP contribution in [0.15, 0.2) is 42.6 Å². The molecule has 5 N–H and O–H groups in total. The second-order valence-electron chi connectivity index (χ2n) is 5.74. The lowest BCUT2D eigenvalue weighted by molar-refractivity contribution is -0.123. The van der Waals surface area contributed by atoms with Crippen LogP contribution >= 0.6 is 0 Å². The van der Waals surface area contributed by atoms with Crippen molar-refractivity contribution in [2.24, 2.45) is 11.5 Å². The normalized spacial score (nSPS) is 10.6. The van der Waals surface area contributed by atoms with Crippen molar-refractivity contribution in [3.05, 3.63) is 42.6 Å². The summed E-state index contributed by atoms with van der Waals surface area (Å²) in [5, 5.41) is 2.65. The topological polar surface area (TPSA) is 136 Å². The average molecular weight is 372 g/mol. The average Bonchev–Trinajstić information content (AvgIpc) is 2.67. The minimum atomic E-state index is -0.517.